The molecule has 1 aliphatic heterocycles. The molecule has 2 aromatic carbocycles. The van der Waals surface area contributed by atoms with Crippen molar-refractivity contribution >= 4 is 34.7 Å². The topological polar surface area (TPSA) is 114 Å². The van der Waals surface area contributed by atoms with Crippen molar-refractivity contribution in [2.75, 3.05) is 12.0 Å². The van der Waals surface area contributed by atoms with Crippen LogP contribution < -0.4 is 10.2 Å². The highest BCUT2D eigenvalue weighted by Gasteiger charge is 2.35. The lowest BCUT2D eigenvalue weighted by Gasteiger charge is -2.34. The van der Waals surface area contributed by atoms with E-state index in [2.05, 4.69) is 9.88 Å². The molecule has 0 unspecified atom stereocenters. The second kappa shape index (κ2) is 11.1. The number of carbonyl (C=O) groups is 3. The number of hydrogen-bond donors (Lipinski definition) is 2. The van der Waals surface area contributed by atoms with Crippen LogP contribution in [0, 0.1) is 5.92 Å². The van der Waals surface area contributed by atoms with Crippen LogP contribution in [-0.2, 0) is 27.2 Å². The van der Waals surface area contributed by atoms with Crippen LogP contribution in [0.4, 0.5) is 10.5 Å². The molecule has 1 fully saturated rings. The molecule has 39 heavy (non-hydrogen) atoms. The summed E-state index contributed by atoms with van der Waals surface area (Å²) in [4.78, 5) is 43.9. The third-order valence-corrected chi connectivity index (χ3v) is 8.19. The molecule has 9 nitrogen and oxygen atoms in total. The molecular weight excluding hydrogens is 496 g/mol. The number of aromatic nitrogens is 2. The fraction of sp³-hybridized carbons (Fsp3) is 0.467. The summed E-state index contributed by atoms with van der Waals surface area (Å²) in [7, 11) is 1.39. The molecule has 0 saturated heterocycles. The Morgan fingerprint density at radius 1 is 1.13 bits per heavy atom. The first-order chi connectivity index (χ1) is 18.8. The Labute approximate surface area is 228 Å². The van der Waals surface area contributed by atoms with E-state index in [0.29, 0.717) is 19.3 Å². The van der Waals surface area contributed by atoms with Crippen molar-refractivity contribution in [1.82, 2.24) is 14.9 Å². The van der Waals surface area contributed by atoms with Crippen molar-refractivity contribution < 1.29 is 24.2 Å². The molecule has 206 valence electrons. The van der Waals surface area contributed by atoms with Gasteiger partial charge in [0.05, 0.1) is 35.8 Å². The van der Waals surface area contributed by atoms with E-state index in [0.717, 1.165) is 59.4 Å². The number of carboxylic acids is 1. The van der Waals surface area contributed by atoms with E-state index >= 15 is 0 Å². The second-order valence-electron chi connectivity index (χ2n) is 10.8. The number of imidazole rings is 1. The molecule has 2 aliphatic rings. The molecule has 1 saturated carbocycles. The fourth-order valence-electron chi connectivity index (χ4n) is 6.35. The number of ether oxygens (including phenoxy) is 1. The number of rotatable bonds is 6. The maximum atomic E-state index is 12.7. The summed E-state index contributed by atoms with van der Waals surface area (Å²) in [5.74, 6) is -0.629. The summed E-state index contributed by atoms with van der Waals surface area (Å²) in [6.45, 7) is 3.51. The lowest BCUT2D eigenvalue weighted by Crippen LogP contribution is -2.42. The van der Waals surface area contributed by atoms with Crippen LogP contribution in [0.1, 0.15) is 75.0 Å². The van der Waals surface area contributed by atoms with Crippen LogP contribution in [0.25, 0.3) is 11.0 Å². The summed E-state index contributed by atoms with van der Waals surface area (Å²) >= 11 is 0. The van der Waals surface area contributed by atoms with Gasteiger partial charge in [0, 0.05) is 24.6 Å². The average Bonchev–Trinajstić information content (AvgIpc) is 3.32. The Morgan fingerprint density at radius 3 is 2.59 bits per heavy atom. The highest BCUT2D eigenvalue weighted by Crippen LogP contribution is 2.41. The molecule has 9 heteroatoms. The fourth-order valence-corrected chi connectivity index (χ4v) is 6.35. The zero-order valence-corrected chi connectivity index (χ0v) is 22.7. The number of nitrogens with one attached hydrogen (secondary N) is 1. The largest absolute Gasteiger partial charge is 0.481 e. The standard InChI is InChI=1S/C30H36N4O5/c1-18-12-13-23-25(33(18)30(38)39-3)14-15-26-27(23)32-28(34(26)22-11-7-10-21(17-22)29(36)37)24(31-19(2)35)16-20-8-5-4-6-9-20/h4-6,8-9,14-15,18,21-22,24H,7,10-13,16-17H2,1-3H3,(H,31,35)(H,36,37)/t18-,21+,22+,24+/m0/s1. The molecule has 0 spiro atoms. The minimum absolute atomic E-state index is 0.0103. The molecule has 5 rings (SSSR count). The highest BCUT2D eigenvalue weighted by molar-refractivity contribution is 5.95. The van der Waals surface area contributed by atoms with Crippen molar-refractivity contribution in [3.05, 3.63) is 59.4 Å². The van der Waals surface area contributed by atoms with Crippen LogP contribution >= 0.6 is 0 Å². The van der Waals surface area contributed by atoms with Gasteiger partial charge < -0.3 is 19.7 Å². The maximum Gasteiger partial charge on any atom is 0.414 e. The zero-order chi connectivity index (χ0) is 27.7. The summed E-state index contributed by atoms with van der Waals surface area (Å²) in [5.41, 5.74) is 4.53. The number of nitrogens with zero attached hydrogens (tertiary/aromatic N) is 3. The number of aliphatic carboxylic acids is 1. The van der Waals surface area contributed by atoms with Crippen LogP contribution in [0.15, 0.2) is 42.5 Å². The Morgan fingerprint density at radius 2 is 1.90 bits per heavy atom. The molecule has 1 aromatic heterocycles. The number of carboxylic acid groups (broad SMARTS) is 1. The van der Waals surface area contributed by atoms with E-state index in [-0.39, 0.29) is 18.0 Å². The minimum atomic E-state index is -0.770. The summed E-state index contributed by atoms with van der Waals surface area (Å²) in [5, 5.41) is 12.9. The number of aryl methyl sites for hydroxylation is 1. The molecule has 3 aromatic rings. The van der Waals surface area contributed by atoms with Crippen LogP contribution in [0.2, 0.25) is 0 Å². The number of fused-ring (bicyclic) bond motifs is 3. The number of anilines is 1. The predicted octanol–water partition coefficient (Wildman–Crippen LogP) is 5.18. The summed E-state index contributed by atoms with van der Waals surface area (Å²) in [6, 6.07) is 13.4. The molecule has 0 bridgehead atoms. The van der Waals surface area contributed by atoms with Gasteiger partial charge in [0.1, 0.15) is 5.82 Å². The first-order valence-electron chi connectivity index (χ1n) is 13.7. The van der Waals surface area contributed by atoms with E-state index < -0.39 is 24.0 Å². The zero-order valence-electron chi connectivity index (χ0n) is 22.7. The van der Waals surface area contributed by atoms with Gasteiger partial charge in [-0.05, 0) is 63.1 Å². The predicted molar refractivity (Wildman–Crippen MR) is 148 cm³/mol. The monoisotopic (exact) mass is 532 g/mol. The summed E-state index contributed by atoms with van der Waals surface area (Å²) < 4.78 is 7.27. The molecule has 2 amide bonds. The third-order valence-electron chi connectivity index (χ3n) is 8.19. The summed E-state index contributed by atoms with van der Waals surface area (Å²) in [6.07, 6.45) is 4.48. The van der Waals surface area contributed by atoms with Gasteiger partial charge in [0.2, 0.25) is 5.91 Å². The number of hydrogen-bond acceptors (Lipinski definition) is 5. The van der Waals surface area contributed by atoms with E-state index in [1.807, 2.05) is 49.4 Å². The average molecular weight is 533 g/mol. The van der Waals surface area contributed by atoms with Crippen molar-refractivity contribution in [3.8, 4) is 0 Å². The lowest BCUT2D eigenvalue weighted by atomic mass is 9.85. The van der Waals surface area contributed by atoms with Crippen molar-refractivity contribution in [3.63, 3.8) is 0 Å². The highest BCUT2D eigenvalue weighted by atomic mass is 16.5. The smallest absolute Gasteiger partial charge is 0.414 e. The Balaban J connectivity index is 1.69. The molecule has 2 N–H and O–H groups in total. The van der Waals surface area contributed by atoms with Gasteiger partial charge in [-0.15, -0.1) is 0 Å². The van der Waals surface area contributed by atoms with Crippen LogP contribution in [0.5, 0.6) is 0 Å². The van der Waals surface area contributed by atoms with Crippen molar-refractivity contribution in [2.45, 2.75) is 76.9 Å². The van der Waals surface area contributed by atoms with Gasteiger partial charge in [0.25, 0.3) is 0 Å². The molecule has 0 radical (unpaired) electrons. The number of carbonyl (C=O) groups excluding carboxylic acids is 2. The second-order valence-corrected chi connectivity index (χ2v) is 10.8. The lowest BCUT2D eigenvalue weighted by molar-refractivity contribution is -0.143. The molecule has 4 atom stereocenters. The van der Waals surface area contributed by atoms with Gasteiger partial charge in [-0.2, -0.15) is 0 Å². The van der Waals surface area contributed by atoms with Crippen molar-refractivity contribution in [2.24, 2.45) is 5.92 Å². The van der Waals surface area contributed by atoms with Crippen LogP contribution in [-0.4, -0.2) is 45.8 Å². The van der Waals surface area contributed by atoms with Crippen LogP contribution in [0.3, 0.4) is 0 Å². The normalized spacial score (nSPS) is 21.7. The molecule has 2 heterocycles. The molecule has 1 aliphatic carbocycles. The number of benzene rings is 2. The number of amides is 2. The first-order valence-corrected chi connectivity index (χ1v) is 13.7. The van der Waals surface area contributed by atoms with E-state index in [1.165, 1.54) is 14.0 Å². The minimum Gasteiger partial charge on any atom is -0.481 e. The SMILES string of the molecule is COC(=O)N1c2ccc3c(nc([C@@H](Cc4ccccc4)NC(C)=O)n3[C@@H]3CCC[C@@H](C(=O)O)C3)c2CC[C@@H]1C. The maximum absolute atomic E-state index is 12.7. The quantitative estimate of drug-likeness (QED) is 0.452. The number of methoxy groups -OCH3 is 1. The van der Waals surface area contributed by atoms with E-state index in [1.54, 1.807) is 4.90 Å². The van der Waals surface area contributed by atoms with Gasteiger partial charge in [-0.1, -0.05) is 36.8 Å². The Hall–Kier alpha value is -3.88. The van der Waals surface area contributed by atoms with E-state index in [9.17, 15) is 19.5 Å². The van der Waals surface area contributed by atoms with Gasteiger partial charge in [-0.3, -0.25) is 14.5 Å². The van der Waals surface area contributed by atoms with Gasteiger partial charge in [-0.25, -0.2) is 9.78 Å². The third kappa shape index (κ3) is 5.22. The van der Waals surface area contributed by atoms with Gasteiger partial charge >= 0.3 is 12.1 Å². The Bertz CT molecular complexity index is 1390. The Kier molecular flexibility index (Phi) is 7.59. The molecular formula is C30H36N4O5. The first kappa shape index (κ1) is 26.7. The van der Waals surface area contributed by atoms with E-state index in [4.69, 9.17) is 9.72 Å². The van der Waals surface area contributed by atoms with Crippen molar-refractivity contribution in [1.29, 1.82) is 0 Å². The van der Waals surface area contributed by atoms with Gasteiger partial charge in [0.15, 0.2) is 0 Å².